The quantitative estimate of drug-likeness (QED) is 0.361. The molecule has 0 radical (unpaired) electrons. The van der Waals surface area contributed by atoms with Crippen LogP contribution in [0.5, 0.6) is 0 Å². The van der Waals surface area contributed by atoms with Crippen LogP contribution in [0.25, 0.3) is 0 Å². The molecule has 1 aromatic rings. The molecule has 6 nitrogen and oxygen atoms in total. The first kappa shape index (κ1) is 23.8. The molecule has 164 valence electrons. The number of pyridine rings is 1. The van der Waals surface area contributed by atoms with Gasteiger partial charge in [-0.05, 0) is 56.1 Å². The van der Waals surface area contributed by atoms with Gasteiger partial charge in [0, 0.05) is 25.3 Å². The van der Waals surface area contributed by atoms with E-state index in [2.05, 4.69) is 56.0 Å². The fourth-order valence-corrected chi connectivity index (χ4v) is 4.32. The standard InChI is InChI=1S/C22H39N3O3Si/c1-8-12-25-13-10-17-18(23-11-14-28-29(6,7)22(3,4)5)15-19(21(26)27-9-2)24-20(17)16-25/h15H,8-14,16H2,1-7H3,(H,23,24). The Morgan fingerprint density at radius 1 is 1.31 bits per heavy atom. The summed E-state index contributed by atoms with van der Waals surface area (Å²) in [5.74, 6) is -0.358. The number of carbonyl (C=O) groups is 1. The number of hydrogen-bond donors (Lipinski definition) is 1. The lowest BCUT2D eigenvalue weighted by Crippen LogP contribution is -2.41. The highest BCUT2D eigenvalue weighted by molar-refractivity contribution is 6.74. The third-order valence-corrected chi connectivity index (χ3v) is 10.5. The number of ether oxygens (including phenoxy) is 1. The number of anilines is 1. The van der Waals surface area contributed by atoms with Gasteiger partial charge in [0.25, 0.3) is 0 Å². The lowest BCUT2D eigenvalue weighted by atomic mass is 10.0. The number of hydrogen-bond acceptors (Lipinski definition) is 6. The average Bonchev–Trinajstić information content (AvgIpc) is 2.64. The van der Waals surface area contributed by atoms with Crippen LogP contribution in [0.3, 0.4) is 0 Å². The highest BCUT2D eigenvalue weighted by Gasteiger charge is 2.36. The van der Waals surface area contributed by atoms with Crippen molar-refractivity contribution in [2.45, 2.75) is 72.1 Å². The van der Waals surface area contributed by atoms with Crippen LogP contribution >= 0.6 is 0 Å². The molecule has 1 aliphatic heterocycles. The second-order valence-electron chi connectivity index (χ2n) is 9.26. The molecule has 0 spiro atoms. The van der Waals surface area contributed by atoms with Gasteiger partial charge in [-0.15, -0.1) is 0 Å². The van der Waals surface area contributed by atoms with Crippen molar-refractivity contribution in [3.05, 3.63) is 23.0 Å². The molecule has 0 saturated carbocycles. The smallest absolute Gasteiger partial charge is 0.356 e. The van der Waals surface area contributed by atoms with E-state index < -0.39 is 8.32 Å². The molecule has 0 amide bonds. The number of esters is 1. The Bertz CT molecular complexity index is 701. The van der Waals surface area contributed by atoms with Crippen LogP contribution in [0.4, 0.5) is 5.69 Å². The molecule has 29 heavy (non-hydrogen) atoms. The molecular formula is C22H39N3O3Si. The van der Waals surface area contributed by atoms with Crippen molar-refractivity contribution in [2.75, 3.05) is 38.2 Å². The summed E-state index contributed by atoms with van der Waals surface area (Å²) in [7, 11) is -1.76. The first-order valence-electron chi connectivity index (χ1n) is 10.9. The molecule has 2 heterocycles. The molecular weight excluding hydrogens is 382 g/mol. The zero-order valence-electron chi connectivity index (χ0n) is 19.4. The van der Waals surface area contributed by atoms with E-state index >= 15 is 0 Å². The van der Waals surface area contributed by atoms with Crippen molar-refractivity contribution in [1.29, 1.82) is 0 Å². The summed E-state index contributed by atoms with van der Waals surface area (Å²) in [4.78, 5) is 19.4. The van der Waals surface area contributed by atoms with Crippen LogP contribution in [-0.4, -0.2) is 57.0 Å². The first-order valence-corrected chi connectivity index (χ1v) is 13.8. The molecule has 0 unspecified atom stereocenters. The van der Waals surface area contributed by atoms with Crippen molar-refractivity contribution in [1.82, 2.24) is 9.88 Å². The van der Waals surface area contributed by atoms with Gasteiger partial charge in [0.15, 0.2) is 14.0 Å². The second kappa shape index (κ2) is 10.0. The summed E-state index contributed by atoms with van der Waals surface area (Å²) in [5, 5.41) is 3.71. The summed E-state index contributed by atoms with van der Waals surface area (Å²) in [6, 6.07) is 1.85. The predicted octanol–water partition coefficient (Wildman–Crippen LogP) is 4.46. The van der Waals surface area contributed by atoms with Crippen molar-refractivity contribution < 1.29 is 14.0 Å². The summed E-state index contributed by atoms with van der Waals surface area (Å²) >= 11 is 0. The number of fused-ring (bicyclic) bond motifs is 1. The topological polar surface area (TPSA) is 63.7 Å². The maximum atomic E-state index is 12.3. The molecule has 1 N–H and O–H groups in total. The highest BCUT2D eigenvalue weighted by Crippen LogP contribution is 2.36. The average molecular weight is 422 g/mol. The molecule has 0 bridgehead atoms. The number of nitrogens with zero attached hydrogens (tertiary/aromatic N) is 2. The number of aromatic nitrogens is 1. The van der Waals surface area contributed by atoms with Crippen LogP contribution in [0.15, 0.2) is 6.07 Å². The fraction of sp³-hybridized carbons (Fsp3) is 0.727. The summed E-state index contributed by atoms with van der Waals surface area (Å²) in [5.41, 5.74) is 3.59. The van der Waals surface area contributed by atoms with Crippen LogP contribution in [0.2, 0.25) is 18.1 Å². The van der Waals surface area contributed by atoms with E-state index in [1.54, 1.807) is 0 Å². The van der Waals surface area contributed by atoms with Crippen LogP contribution in [0, 0.1) is 0 Å². The van der Waals surface area contributed by atoms with E-state index in [0.29, 0.717) is 25.5 Å². The molecule has 7 heteroatoms. The Balaban J connectivity index is 2.14. The van der Waals surface area contributed by atoms with Crippen LogP contribution < -0.4 is 5.32 Å². The minimum atomic E-state index is -1.76. The number of nitrogens with one attached hydrogen (secondary N) is 1. The predicted molar refractivity (Wildman–Crippen MR) is 121 cm³/mol. The number of carbonyl (C=O) groups excluding carboxylic acids is 1. The summed E-state index contributed by atoms with van der Waals surface area (Å²) < 4.78 is 11.5. The largest absolute Gasteiger partial charge is 0.461 e. The highest BCUT2D eigenvalue weighted by atomic mass is 28.4. The molecule has 0 aliphatic carbocycles. The maximum Gasteiger partial charge on any atom is 0.356 e. The second-order valence-corrected chi connectivity index (χ2v) is 14.1. The van der Waals surface area contributed by atoms with Gasteiger partial charge >= 0.3 is 5.97 Å². The van der Waals surface area contributed by atoms with Gasteiger partial charge in [-0.25, -0.2) is 9.78 Å². The van der Waals surface area contributed by atoms with Crippen molar-refractivity contribution in [3.8, 4) is 0 Å². The molecule has 0 atom stereocenters. The van der Waals surface area contributed by atoms with Crippen LogP contribution in [-0.2, 0) is 22.1 Å². The molecule has 0 aromatic carbocycles. The van der Waals surface area contributed by atoms with E-state index in [4.69, 9.17) is 9.16 Å². The Morgan fingerprint density at radius 3 is 2.66 bits per heavy atom. The fourth-order valence-electron chi connectivity index (χ4n) is 3.28. The van der Waals surface area contributed by atoms with Crippen molar-refractivity contribution >= 4 is 20.0 Å². The Kier molecular flexibility index (Phi) is 8.25. The summed E-state index contributed by atoms with van der Waals surface area (Å²) in [6.07, 6.45) is 2.06. The Labute approximate surface area is 177 Å². The molecule has 1 aromatic heterocycles. The normalized spacial score (nSPS) is 15.1. The molecule has 1 aliphatic rings. The third-order valence-electron chi connectivity index (χ3n) is 5.97. The monoisotopic (exact) mass is 421 g/mol. The lowest BCUT2D eigenvalue weighted by molar-refractivity contribution is 0.0518. The Hall–Kier alpha value is -1.44. The molecule has 2 rings (SSSR count). The maximum absolute atomic E-state index is 12.3. The van der Waals surface area contributed by atoms with E-state index in [1.165, 1.54) is 5.56 Å². The molecule has 0 saturated heterocycles. The third kappa shape index (κ3) is 6.27. The van der Waals surface area contributed by atoms with Gasteiger partial charge < -0.3 is 14.5 Å². The minimum Gasteiger partial charge on any atom is -0.461 e. The SMILES string of the molecule is CCCN1CCc2c(NCCO[Si](C)(C)C(C)(C)C)cc(C(=O)OCC)nc2C1. The zero-order chi connectivity index (χ0) is 21.7. The van der Waals surface area contributed by atoms with Gasteiger partial charge in [-0.3, -0.25) is 4.90 Å². The van der Waals surface area contributed by atoms with E-state index in [0.717, 1.165) is 43.9 Å². The molecule has 0 fully saturated rings. The van der Waals surface area contributed by atoms with Gasteiger partial charge in [0.05, 0.1) is 18.9 Å². The van der Waals surface area contributed by atoms with E-state index in [9.17, 15) is 4.79 Å². The first-order chi connectivity index (χ1) is 13.6. The zero-order valence-corrected chi connectivity index (χ0v) is 20.4. The summed E-state index contributed by atoms with van der Waals surface area (Å²) in [6.45, 7) is 19.9. The lowest BCUT2D eigenvalue weighted by Gasteiger charge is -2.36. The van der Waals surface area contributed by atoms with Gasteiger partial charge in [0.2, 0.25) is 0 Å². The van der Waals surface area contributed by atoms with Crippen LogP contribution in [0.1, 0.15) is 62.8 Å². The minimum absolute atomic E-state index is 0.197. The van der Waals surface area contributed by atoms with Gasteiger partial charge in [0.1, 0.15) is 0 Å². The number of rotatable bonds is 9. The van der Waals surface area contributed by atoms with Gasteiger partial charge in [-0.1, -0.05) is 27.7 Å². The van der Waals surface area contributed by atoms with E-state index in [-0.39, 0.29) is 11.0 Å². The van der Waals surface area contributed by atoms with Crippen molar-refractivity contribution in [2.24, 2.45) is 0 Å². The van der Waals surface area contributed by atoms with Crippen molar-refractivity contribution in [3.63, 3.8) is 0 Å². The van der Waals surface area contributed by atoms with Gasteiger partial charge in [-0.2, -0.15) is 0 Å². The van der Waals surface area contributed by atoms with E-state index in [1.807, 2.05) is 13.0 Å². The Morgan fingerprint density at radius 2 is 2.03 bits per heavy atom.